The third-order valence-corrected chi connectivity index (χ3v) is 3.97. The van der Waals surface area contributed by atoms with E-state index in [0.717, 1.165) is 16.9 Å². The minimum atomic E-state index is -1.18. The Morgan fingerprint density at radius 3 is 2.44 bits per heavy atom. The first kappa shape index (κ1) is 19.2. The van der Waals surface area contributed by atoms with E-state index in [1.807, 2.05) is 0 Å². The molecule has 0 saturated carbocycles. The number of thiazole rings is 1. The maximum Gasteiger partial charge on any atom is 0.407 e. The monoisotopic (exact) mass is 366 g/mol. The maximum absolute atomic E-state index is 11.6. The van der Waals surface area contributed by atoms with Gasteiger partial charge in [-0.15, -0.1) is 0 Å². The van der Waals surface area contributed by atoms with Gasteiger partial charge in [-0.05, 0) is 31.9 Å². The maximum atomic E-state index is 11.6. The normalized spacial score (nSPS) is 14.0. The van der Waals surface area contributed by atoms with Crippen LogP contribution in [0.2, 0.25) is 0 Å². The fourth-order valence-electron chi connectivity index (χ4n) is 2.12. The minimum Gasteiger partial charge on any atom is -0.444 e. The molecule has 7 nitrogen and oxygen atoms in total. The largest absolute Gasteiger partial charge is 0.444 e. The van der Waals surface area contributed by atoms with Gasteiger partial charge in [-0.3, -0.25) is 4.79 Å². The van der Waals surface area contributed by atoms with Crippen LogP contribution in [-0.4, -0.2) is 39.5 Å². The van der Waals surface area contributed by atoms with Crippen LogP contribution in [0.1, 0.15) is 32.4 Å². The lowest BCUT2D eigenvalue weighted by molar-refractivity contribution is 0.0129. The molecule has 0 aliphatic carbocycles. The third-order valence-electron chi connectivity index (χ3n) is 3.30. The Bertz CT molecular complexity index is 760. The number of nitrogens with one attached hydrogen (secondary N) is 2. The van der Waals surface area contributed by atoms with Crippen LogP contribution in [0.3, 0.4) is 0 Å². The second-order valence-corrected chi connectivity index (χ2v) is 7.42. The van der Waals surface area contributed by atoms with Crippen molar-refractivity contribution in [3.05, 3.63) is 44.9 Å². The Hall–Kier alpha value is -2.16. The number of ether oxygens (including phenoxy) is 1. The molecule has 2 rings (SSSR count). The van der Waals surface area contributed by atoms with Crippen molar-refractivity contribution in [1.29, 1.82) is 0 Å². The number of alkyl carbamates (subject to hydrolysis) is 1. The smallest absolute Gasteiger partial charge is 0.407 e. The van der Waals surface area contributed by atoms with Crippen molar-refractivity contribution in [2.45, 2.75) is 38.6 Å². The second-order valence-electron chi connectivity index (χ2n) is 6.58. The van der Waals surface area contributed by atoms with E-state index in [4.69, 9.17) is 4.74 Å². The number of aliphatic hydroxyl groups excluding tert-OH is 2. The molecule has 4 N–H and O–H groups in total. The van der Waals surface area contributed by atoms with E-state index < -0.39 is 23.9 Å². The predicted octanol–water partition coefficient (Wildman–Crippen LogP) is 2.02. The van der Waals surface area contributed by atoms with E-state index in [2.05, 4.69) is 10.3 Å². The Kier molecular flexibility index (Phi) is 5.99. The molecule has 0 bridgehead atoms. The molecule has 1 amide bonds. The predicted molar refractivity (Wildman–Crippen MR) is 95.6 cm³/mol. The first-order valence-corrected chi connectivity index (χ1v) is 8.65. The van der Waals surface area contributed by atoms with Crippen molar-refractivity contribution in [3.8, 4) is 11.3 Å². The van der Waals surface area contributed by atoms with E-state index in [1.54, 1.807) is 50.4 Å². The summed E-state index contributed by atoms with van der Waals surface area (Å²) in [6.45, 7) is 5.07. The van der Waals surface area contributed by atoms with Crippen molar-refractivity contribution in [2.24, 2.45) is 0 Å². The van der Waals surface area contributed by atoms with Gasteiger partial charge >= 0.3 is 11.0 Å². The number of H-pyrrole nitrogens is 1. The number of carbonyl (C=O) groups excluding carboxylic acids is 1. The molecule has 2 aromatic rings. The number of carbonyl (C=O) groups is 1. The first-order valence-electron chi connectivity index (χ1n) is 7.77. The van der Waals surface area contributed by atoms with Gasteiger partial charge in [0.2, 0.25) is 0 Å². The van der Waals surface area contributed by atoms with Gasteiger partial charge in [0.25, 0.3) is 0 Å². The van der Waals surface area contributed by atoms with E-state index in [-0.39, 0.29) is 11.4 Å². The topological polar surface area (TPSA) is 112 Å². The summed E-state index contributed by atoms with van der Waals surface area (Å²) in [5, 5.41) is 24.4. The first-order chi connectivity index (χ1) is 11.7. The standard InChI is InChI=1S/C17H22N2O5S/c1-17(2,3)24-15(22)18-8-13(20)14(21)11-6-4-10(5-7-11)12-9-25-16(23)19-12/h4-7,9,13-14,20-21H,8H2,1-3H3,(H,18,22)(H,19,23). The fourth-order valence-corrected chi connectivity index (χ4v) is 2.71. The molecule has 136 valence electrons. The number of rotatable bonds is 5. The summed E-state index contributed by atoms with van der Waals surface area (Å²) in [7, 11) is 0. The molecule has 8 heteroatoms. The summed E-state index contributed by atoms with van der Waals surface area (Å²) >= 11 is 1.08. The Morgan fingerprint density at radius 1 is 1.28 bits per heavy atom. The number of aromatic nitrogens is 1. The molecule has 1 heterocycles. The van der Waals surface area contributed by atoms with Crippen LogP contribution in [0.5, 0.6) is 0 Å². The second kappa shape index (κ2) is 7.81. The highest BCUT2D eigenvalue weighted by Crippen LogP contribution is 2.22. The number of hydrogen-bond acceptors (Lipinski definition) is 6. The van der Waals surface area contributed by atoms with Crippen LogP contribution in [-0.2, 0) is 4.74 Å². The number of hydrogen-bond donors (Lipinski definition) is 4. The van der Waals surface area contributed by atoms with Crippen LogP contribution in [0.25, 0.3) is 11.3 Å². The lowest BCUT2D eigenvalue weighted by Gasteiger charge is -2.22. The van der Waals surface area contributed by atoms with Crippen LogP contribution in [0.15, 0.2) is 34.4 Å². The van der Waals surface area contributed by atoms with Gasteiger partial charge in [0.1, 0.15) is 17.8 Å². The molecule has 0 aliphatic heterocycles. The molecule has 0 radical (unpaired) electrons. The fraction of sp³-hybridized carbons (Fsp3) is 0.412. The quantitative estimate of drug-likeness (QED) is 0.647. The molecular weight excluding hydrogens is 344 g/mol. The Balaban J connectivity index is 1.94. The highest BCUT2D eigenvalue weighted by Gasteiger charge is 2.21. The van der Waals surface area contributed by atoms with Gasteiger partial charge < -0.3 is 25.3 Å². The lowest BCUT2D eigenvalue weighted by atomic mass is 10.0. The van der Waals surface area contributed by atoms with Crippen LogP contribution in [0.4, 0.5) is 4.79 Å². The summed E-state index contributed by atoms with van der Waals surface area (Å²) in [6.07, 6.45) is -3.00. The average Bonchev–Trinajstić information content (AvgIpc) is 2.97. The molecule has 0 spiro atoms. The summed E-state index contributed by atoms with van der Waals surface area (Å²) < 4.78 is 5.07. The van der Waals surface area contributed by atoms with Crippen molar-refractivity contribution in [3.63, 3.8) is 0 Å². The van der Waals surface area contributed by atoms with E-state index >= 15 is 0 Å². The van der Waals surface area contributed by atoms with Gasteiger partial charge in [0.05, 0.1) is 5.69 Å². The van der Waals surface area contributed by atoms with Crippen LogP contribution < -0.4 is 10.2 Å². The number of aliphatic hydroxyl groups is 2. The van der Waals surface area contributed by atoms with Gasteiger partial charge in [-0.2, -0.15) is 0 Å². The zero-order chi connectivity index (χ0) is 18.6. The number of benzene rings is 1. The molecule has 25 heavy (non-hydrogen) atoms. The van der Waals surface area contributed by atoms with Gasteiger partial charge in [0, 0.05) is 11.9 Å². The van der Waals surface area contributed by atoms with Gasteiger partial charge in [-0.25, -0.2) is 4.79 Å². The molecule has 0 aliphatic rings. The van der Waals surface area contributed by atoms with Gasteiger partial charge in [-0.1, -0.05) is 35.6 Å². The summed E-state index contributed by atoms with van der Waals surface area (Å²) in [5.41, 5.74) is 1.37. The number of aromatic amines is 1. The highest BCUT2D eigenvalue weighted by molar-refractivity contribution is 7.07. The van der Waals surface area contributed by atoms with E-state index in [0.29, 0.717) is 11.3 Å². The molecule has 1 aromatic carbocycles. The van der Waals surface area contributed by atoms with Gasteiger partial charge in [0.15, 0.2) is 0 Å². The highest BCUT2D eigenvalue weighted by atomic mass is 32.1. The minimum absolute atomic E-state index is 0.136. The molecular formula is C17H22N2O5S. The molecule has 1 aromatic heterocycles. The summed E-state index contributed by atoms with van der Waals surface area (Å²) in [5.74, 6) is 0. The summed E-state index contributed by atoms with van der Waals surface area (Å²) in [6, 6.07) is 6.80. The number of amides is 1. The Morgan fingerprint density at radius 2 is 1.92 bits per heavy atom. The molecule has 0 fully saturated rings. The van der Waals surface area contributed by atoms with E-state index in [1.165, 1.54) is 0 Å². The van der Waals surface area contributed by atoms with Crippen molar-refractivity contribution in [1.82, 2.24) is 10.3 Å². The van der Waals surface area contributed by atoms with Crippen molar-refractivity contribution >= 4 is 17.4 Å². The molecule has 0 saturated heterocycles. The third kappa shape index (κ3) is 5.70. The Labute approximate surface area is 149 Å². The zero-order valence-electron chi connectivity index (χ0n) is 14.3. The summed E-state index contributed by atoms with van der Waals surface area (Å²) in [4.78, 5) is 25.3. The van der Waals surface area contributed by atoms with Crippen molar-refractivity contribution < 1.29 is 19.7 Å². The molecule has 2 atom stereocenters. The molecule has 2 unspecified atom stereocenters. The average molecular weight is 366 g/mol. The van der Waals surface area contributed by atoms with Crippen molar-refractivity contribution in [2.75, 3.05) is 6.54 Å². The zero-order valence-corrected chi connectivity index (χ0v) is 15.1. The lowest BCUT2D eigenvalue weighted by Crippen LogP contribution is -2.38. The van der Waals surface area contributed by atoms with Crippen LogP contribution in [0, 0.1) is 0 Å². The van der Waals surface area contributed by atoms with E-state index in [9.17, 15) is 19.8 Å². The SMILES string of the molecule is CC(C)(C)OC(=O)NCC(O)C(O)c1ccc(-c2csc(=O)[nH]2)cc1. The van der Waals surface area contributed by atoms with Crippen LogP contribution >= 0.6 is 11.3 Å².